The van der Waals surface area contributed by atoms with Crippen molar-refractivity contribution in [3.05, 3.63) is 35.0 Å². The van der Waals surface area contributed by atoms with E-state index in [1.807, 2.05) is 0 Å². The molecule has 1 aromatic carbocycles. The van der Waals surface area contributed by atoms with Crippen LogP contribution in [0.4, 0.5) is 18.9 Å². The molecule has 0 spiro atoms. The number of carbonyl (C=O) groups excluding carboxylic acids is 1. The van der Waals surface area contributed by atoms with Crippen LogP contribution in [0.1, 0.15) is 53.2 Å². The number of pyridine rings is 1. The molecule has 4 N–H and O–H groups in total. The Kier molecular flexibility index (Phi) is 3.66. The van der Waals surface area contributed by atoms with Crippen molar-refractivity contribution in [2.75, 3.05) is 12.3 Å². The largest absolute Gasteiger partial charge is 0.418 e. The van der Waals surface area contributed by atoms with Crippen LogP contribution in [-0.4, -0.2) is 28.1 Å². The van der Waals surface area contributed by atoms with Crippen LogP contribution < -0.4 is 11.1 Å². The normalized spacial score (nSPS) is 18.8. The van der Waals surface area contributed by atoms with Crippen LogP contribution in [0.5, 0.6) is 0 Å². The number of benzene rings is 1. The number of hydrogen-bond donors (Lipinski definition) is 3. The van der Waals surface area contributed by atoms with Crippen molar-refractivity contribution in [2.45, 2.75) is 43.4 Å². The van der Waals surface area contributed by atoms with Crippen molar-refractivity contribution in [3.8, 4) is 0 Å². The van der Waals surface area contributed by atoms with Crippen LogP contribution in [-0.2, 0) is 6.18 Å². The summed E-state index contributed by atoms with van der Waals surface area (Å²) < 4.78 is 40.6. The van der Waals surface area contributed by atoms with E-state index in [4.69, 9.17) is 5.73 Å². The number of carbonyl (C=O) groups is 1. The second-order valence-corrected chi connectivity index (χ2v) is 7.24. The zero-order valence-electron chi connectivity index (χ0n) is 13.9. The molecule has 0 radical (unpaired) electrons. The number of anilines is 1. The van der Waals surface area contributed by atoms with E-state index in [0.717, 1.165) is 18.9 Å². The molecule has 0 saturated heterocycles. The van der Waals surface area contributed by atoms with E-state index in [-0.39, 0.29) is 34.7 Å². The number of aliphatic hydroxyl groups is 1. The number of nitrogen functional groups attached to an aromatic ring is 1. The van der Waals surface area contributed by atoms with Gasteiger partial charge in [0, 0.05) is 17.6 Å². The molecule has 1 heterocycles. The fourth-order valence-corrected chi connectivity index (χ4v) is 3.02. The van der Waals surface area contributed by atoms with E-state index in [2.05, 4.69) is 10.3 Å². The highest BCUT2D eigenvalue weighted by Crippen LogP contribution is 2.45. The Bertz CT molecular complexity index is 903. The first-order chi connectivity index (χ1) is 12.2. The van der Waals surface area contributed by atoms with Gasteiger partial charge in [-0.3, -0.25) is 4.79 Å². The summed E-state index contributed by atoms with van der Waals surface area (Å²) in [6.07, 6.45) is -1.70. The highest BCUT2D eigenvalue weighted by molar-refractivity contribution is 6.00. The van der Waals surface area contributed by atoms with Crippen LogP contribution in [0.25, 0.3) is 10.9 Å². The molecule has 26 heavy (non-hydrogen) atoms. The van der Waals surface area contributed by atoms with E-state index in [0.29, 0.717) is 18.4 Å². The van der Waals surface area contributed by atoms with Gasteiger partial charge in [-0.1, -0.05) is 0 Å². The molecule has 2 saturated carbocycles. The number of fused-ring (bicyclic) bond motifs is 1. The monoisotopic (exact) mass is 365 g/mol. The summed E-state index contributed by atoms with van der Waals surface area (Å²) in [5.41, 5.74) is 4.34. The van der Waals surface area contributed by atoms with Crippen LogP contribution >= 0.6 is 0 Å². The van der Waals surface area contributed by atoms with Crippen molar-refractivity contribution in [2.24, 2.45) is 0 Å². The molecule has 1 amide bonds. The minimum Gasteiger partial charge on any atom is -0.398 e. The van der Waals surface area contributed by atoms with Gasteiger partial charge >= 0.3 is 6.18 Å². The van der Waals surface area contributed by atoms with Gasteiger partial charge in [0.15, 0.2) is 0 Å². The maximum Gasteiger partial charge on any atom is 0.418 e. The summed E-state index contributed by atoms with van der Waals surface area (Å²) in [5.74, 6) is -0.527. The van der Waals surface area contributed by atoms with Gasteiger partial charge in [-0.2, -0.15) is 13.2 Å². The van der Waals surface area contributed by atoms with Gasteiger partial charge in [-0.15, -0.1) is 0 Å². The summed E-state index contributed by atoms with van der Waals surface area (Å²) in [5, 5.41) is 12.5. The lowest BCUT2D eigenvalue weighted by molar-refractivity contribution is -0.136. The van der Waals surface area contributed by atoms with Crippen molar-refractivity contribution >= 4 is 22.5 Å². The molecule has 2 aliphatic carbocycles. The number of aromatic nitrogens is 1. The van der Waals surface area contributed by atoms with E-state index in [1.54, 1.807) is 6.07 Å². The summed E-state index contributed by atoms with van der Waals surface area (Å²) >= 11 is 0. The Morgan fingerprint density at radius 3 is 2.58 bits per heavy atom. The second kappa shape index (κ2) is 5.57. The number of nitrogens with two attached hydrogens (primary N) is 1. The summed E-state index contributed by atoms with van der Waals surface area (Å²) in [4.78, 5) is 16.2. The Labute approximate surface area is 147 Å². The minimum absolute atomic E-state index is 0.0399. The van der Waals surface area contributed by atoms with Crippen LogP contribution in [0.15, 0.2) is 18.2 Å². The number of hydrogen-bond acceptors (Lipinski definition) is 4. The van der Waals surface area contributed by atoms with Crippen LogP contribution in [0.2, 0.25) is 0 Å². The molecule has 0 atom stereocenters. The highest BCUT2D eigenvalue weighted by Gasteiger charge is 2.40. The zero-order valence-corrected chi connectivity index (χ0v) is 13.9. The predicted octanol–water partition coefficient (Wildman–Crippen LogP) is 2.97. The molecular formula is C18H18F3N3O2. The number of nitrogens with zero attached hydrogens (tertiary/aromatic N) is 1. The number of halogens is 3. The quantitative estimate of drug-likeness (QED) is 0.777. The van der Waals surface area contributed by atoms with Gasteiger partial charge < -0.3 is 16.2 Å². The average Bonchev–Trinajstić information content (AvgIpc) is 3.47. The first-order valence-electron chi connectivity index (χ1n) is 8.48. The van der Waals surface area contributed by atoms with Gasteiger partial charge in [-0.25, -0.2) is 4.98 Å². The van der Waals surface area contributed by atoms with E-state index >= 15 is 0 Å². The summed E-state index contributed by atoms with van der Waals surface area (Å²) in [6, 6.07) is 4.03. The molecule has 2 aliphatic rings. The Balaban J connectivity index is 1.77. The average molecular weight is 365 g/mol. The predicted molar refractivity (Wildman–Crippen MR) is 89.6 cm³/mol. The SMILES string of the molecule is Nc1cc(C(=O)NCC2(O)CC2)nc2c(C(F)(F)F)cc(C3CC3)cc12. The molecular weight excluding hydrogens is 347 g/mol. The lowest BCUT2D eigenvalue weighted by Gasteiger charge is -2.15. The Morgan fingerprint density at radius 2 is 2.00 bits per heavy atom. The zero-order chi connectivity index (χ0) is 18.7. The third kappa shape index (κ3) is 3.21. The van der Waals surface area contributed by atoms with Crippen LogP contribution in [0.3, 0.4) is 0 Å². The molecule has 8 heteroatoms. The lowest BCUT2D eigenvalue weighted by atomic mass is 10.00. The fourth-order valence-electron chi connectivity index (χ4n) is 3.02. The van der Waals surface area contributed by atoms with Gasteiger partial charge in [0.05, 0.1) is 16.7 Å². The van der Waals surface area contributed by atoms with Crippen molar-refractivity contribution in [1.29, 1.82) is 0 Å². The standard InChI is InChI=1S/C18H18F3N3O2/c19-18(20,21)12-6-10(9-1-2-9)5-11-13(22)7-14(24-15(11)12)16(25)23-8-17(26)3-4-17/h5-7,9,26H,1-4,8H2,(H2,22,24)(H,23,25). The highest BCUT2D eigenvalue weighted by atomic mass is 19.4. The van der Waals surface area contributed by atoms with E-state index in [9.17, 15) is 23.1 Å². The smallest absolute Gasteiger partial charge is 0.398 e. The number of amides is 1. The Morgan fingerprint density at radius 1 is 1.31 bits per heavy atom. The number of nitrogens with one attached hydrogen (secondary N) is 1. The molecule has 4 rings (SSSR count). The molecule has 138 valence electrons. The maximum absolute atomic E-state index is 13.5. The second-order valence-electron chi connectivity index (χ2n) is 7.24. The summed E-state index contributed by atoms with van der Waals surface area (Å²) in [6.45, 7) is 0.0399. The molecule has 5 nitrogen and oxygen atoms in total. The van der Waals surface area contributed by atoms with Crippen molar-refractivity contribution in [1.82, 2.24) is 10.3 Å². The van der Waals surface area contributed by atoms with Crippen molar-refractivity contribution in [3.63, 3.8) is 0 Å². The maximum atomic E-state index is 13.5. The van der Waals surface area contributed by atoms with Gasteiger partial charge in [0.25, 0.3) is 5.91 Å². The van der Waals surface area contributed by atoms with Crippen molar-refractivity contribution < 1.29 is 23.1 Å². The molecule has 0 bridgehead atoms. The van der Waals surface area contributed by atoms with Gasteiger partial charge in [0.2, 0.25) is 0 Å². The van der Waals surface area contributed by atoms with E-state index < -0.39 is 23.2 Å². The molecule has 2 fully saturated rings. The molecule has 1 aromatic heterocycles. The number of alkyl halides is 3. The third-order valence-corrected chi connectivity index (χ3v) is 4.96. The van der Waals surface area contributed by atoms with Gasteiger partial charge in [-0.05, 0) is 55.4 Å². The minimum atomic E-state index is -4.60. The number of rotatable bonds is 4. The first-order valence-corrected chi connectivity index (χ1v) is 8.48. The summed E-state index contributed by atoms with van der Waals surface area (Å²) in [7, 11) is 0. The Hall–Kier alpha value is -2.35. The van der Waals surface area contributed by atoms with Crippen LogP contribution in [0, 0.1) is 0 Å². The lowest BCUT2D eigenvalue weighted by Crippen LogP contribution is -2.33. The fraction of sp³-hybridized carbons (Fsp3) is 0.444. The molecule has 0 aliphatic heterocycles. The topological polar surface area (TPSA) is 88.2 Å². The third-order valence-electron chi connectivity index (χ3n) is 4.96. The molecule has 2 aromatic rings. The first kappa shape index (κ1) is 17.1. The molecule has 0 unspecified atom stereocenters. The van der Waals surface area contributed by atoms with E-state index in [1.165, 1.54) is 6.07 Å². The van der Waals surface area contributed by atoms with Gasteiger partial charge in [0.1, 0.15) is 5.69 Å².